The smallest absolute Gasteiger partial charge is 0.268 e. The Kier molecular flexibility index (Phi) is 2.51. The van der Waals surface area contributed by atoms with Crippen molar-refractivity contribution in [3.05, 3.63) is 20.0 Å². The van der Waals surface area contributed by atoms with E-state index in [1.807, 2.05) is 0 Å². The Bertz CT molecular complexity index is 324. The van der Waals surface area contributed by atoms with E-state index in [1.165, 1.54) is 0 Å². The van der Waals surface area contributed by atoms with Crippen LogP contribution in [0.1, 0.15) is 0 Å². The molecule has 1 heterocycles. The third-order valence-electron chi connectivity index (χ3n) is 1.06. The van der Waals surface area contributed by atoms with Gasteiger partial charge in [-0.2, -0.15) is 0 Å². The Labute approximate surface area is 76.1 Å². The van der Waals surface area contributed by atoms with Crippen LogP contribution in [-0.2, 0) is 0 Å². The fourth-order valence-electron chi connectivity index (χ4n) is 0.550. The molecule has 0 saturated carbocycles. The van der Waals surface area contributed by atoms with Gasteiger partial charge in [0.25, 0.3) is 5.56 Å². The molecule has 0 fully saturated rings. The van der Waals surface area contributed by atoms with E-state index in [1.54, 1.807) is 7.05 Å². The van der Waals surface area contributed by atoms with Crippen LogP contribution < -0.4 is 10.9 Å². The highest BCUT2D eigenvalue weighted by Crippen LogP contribution is 2.15. The maximum absolute atomic E-state index is 11.0. The SMILES string of the molecule is CNc1nc(Cl)c(Br)c(=O)[nH]1. The molecule has 0 amide bonds. The molecule has 4 nitrogen and oxygen atoms in total. The second kappa shape index (κ2) is 3.23. The van der Waals surface area contributed by atoms with Crippen molar-refractivity contribution in [2.75, 3.05) is 12.4 Å². The minimum absolute atomic E-state index is 0.151. The van der Waals surface area contributed by atoms with Crippen LogP contribution in [0.4, 0.5) is 5.95 Å². The predicted octanol–water partition coefficient (Wildman–Crippen LogP) is 1.23. The first-order valence-electron chi connectivity index (χ1n) is 2.78. The van der Waals surface area contributed by atoms with Gasteiger partial charge < -0.3 is 5.32 Å². The third-order valence-corrected chi connectivity index (χ3v) is 2.30. The minimum Gasteiger partial charge on any atom is -0.359 e. The van der Waals surface area contributed by atoms with Crippen molar-refractivity contribution in [2.45, 2.75) is 0 Å². The fraction of sp³-hybridized carbons (Fsp3) is 0.200. The van der Waals surface area contributed by atoms with E-state index in [-0.39, 0.29) is 15.2 Å². The summed E-state index contributed by atoms with van der Waals surface area (Å²) in [6, 6.07) is 0. The second-order valence-corrected chi connectivity index (χ2v) is 2.92. The first-order valence-corrected chi connectivity index (χ1v) is 3.95. The summed E-state index contributed by atoms with van der Waals surface area (Å²) in [6.07, 6.45) is 0. The Morgan fingerprint density at radius 1 is 1.73 bits per heavy atom. The molecule has 0 spiro atoms. The Morgan fingerprint density at radius 2 is 2.36 bits per heavy atom. The molecule has 0 unspecified atom stereocenters. The molecule has 1 aromatic heterocycles. The lowest BCUT2D eigenvalue weighted by atomic mass is 10.6. The van der Waals surface area contributed by atoms with Crippen molar-refractivity contribution in [1.29, 1.82) is 0 Å². The average Bonchev–Trinajstić information content (AvgIpc) is 1.99. The van der Waals surface area contributed by atoms with Gasteiger partial charge in [-0.05, 0) is 15.9 Å². The number of H-pyrrole nitrogens is 1. The topological polar surface area (TPSA) is 57.8 Å². The van der Waals surface area contributed by atoms with E-state index in [0.29, 0.717) is 5.95 Å². The quantitative estimate of drug-likeness (QED) is 0.724. The molecular weight excluding hydrogens is 233 g/mol. The van der Waals surface area contributed by atoms with E-state index >= 15 is 0 Å². The number of hydrogen-bond acceptors (Lipinski definition) is 3. The fourth-order valence-corrected chi connectivity index (χ4v) is 0.908. The molecule has 11 heavy (non-hydrogen) atoms. The molecule has 0 atom stereocenters. The van der Waals surface area contributed by atoms with Crippen LogP contribution in [0.5, 0.6) is 0 Å². The van der Waals surface area contributed by atoms with Gasteiger partial charge in [-0.15, -0.1) is 0 Å². The largest absolute Gasteiger partial charge is 0.359 e. The second-order valence-electron chi connectivity index (χ2n) is 1.77. The number of hydrogen-bond donors (Lipinski definition) is 2. The molecule has 2 N–H and O–H groups in total. The van der Waals surface area contributed by atoms with Gasteiger partial charge in [0, 0.05) is 7.05 Å². The van der Waals surface area contributed by atoms with Crippen molar-refractivity contribution < 1.29 is 0 Å². The Morgan fingerprint density at radius 3 is 2.82 bits per heavy atom. The lowest BCUT2D eigenvalue weighted by molar-refractivity contribution is 1.09. The van der Waals surface area contributed by atoms with Gasteiger partial charge >= 0.3 is 0 Å². The number of nitrogens with zero attached hydrogens (tertiary/aromatic N) is 1. The molecular formula is C5H5BrClN3O. The molecule has 1 aromatic rings. The summed E-state index contributed by atoms with van der Waals surface area (Å²) in [6.45, 7) is 0. The molecule has 0 aliphatic rings. The third kappa shape index (κ3) is 1.72. The summed E-state index contributed by atoms with van der Waals surface area (Å²) < 4.78 is 0.248. The molecule has 60 valence electrons. The van der Waals surface area contributed by atoms with Gasteiger partial charge in [0.05, 0.1) is 0 Å². The van der Waals surface area contributed by atoms with E-state index < -0.39 is 0 Å². The van der Waals surface area contributed by atoms with Gasteiger partial charge in [0.2, 0.25) is 5.95 Å². The Hall–Kier alpha value is -0.550. The van der Waals surface area contributed by atoms with E-state index in [0.717, 1.165) is 0 Å². The summed E-state index contributed by atoms with van der Waals surface area (Å²) >= 11 is 8.56. The summed E-state index contributed by atoms with van der Waals surface area (Å²) in [5.41, 5.74) is -0.297. The zero-order chi connectivity index (χ0) is 8.43. The van der Waals surface area contributed by atoms with Gasteiger partial charge in [-0.3, -0.25) is 9.78 Å². The Balaban J connectivity index is 3.32. The highest BCUT2D eigenvalue weighted by atomic mass is 79.9. The zero-order valence-corrected chi connectivity index (χ0v) is 7.95. The molecule has 0 bridgehead atoms. The van der Waals surface area contributed by atoms with Crippen LogP contribution in [0.25, 0.3) is 0 Å². The van der Waals surface area contributed by atoms with Gasteiger partial charge in [0.1, 0.15) is 4.47 Å². The summed E-state index contributed by atoms with van der Waals surface area (Å²) in [4.78, 5) is 17.2. The zero-order valence-electron chi connectivity index (χ0n) is 5.61. The van der Waals surface area contributed by atoms with Crippen molar-refractivity contribution in [2.24, 2.45) is 0 Å². The minimum atomic E-state index is -0.297. The maximum Gasteiger partial charge on any atom is 0.268 e. The highest BCUT2D eigenvalue weighted by molar-refractivity contribution is 9.10. The number of rotatable bonds is 1. The summed E-state index contributed by atoms with van der Waals surface area (Å²) in [5.74, 6) is 0.350. The first-order chi connectivity index (χ1) is 5.15. The van der Waals surface area contributed by atoms with Crippen molar-refractivity contribution >= 4 is 33.5 Å². The van der Waals surface area contributed by atoms with Crippen LogP contribution in [0.2, 0.25) is 5.15 Å². The van der Waals surface area contributed by atoms with Crippen LogP contribution in [-0.4, -0.2) is 17.0 Å². The lowest BCUT2D eigenvalue weighted by Crippen LogP contribution is -2.11. The predicted molar refractivity (Wildman–Crippen MR) is 47.1 cm³/mol. The first kappa shape index (κ1) is 8.55. The van der Waals surface area contributed by atoms with Crippen LogP contribution in [0.3, 0.4) is 0 Å². The number of aromatic nitrogens is 2. The van der Waals surface area contributed by atoms with Crippen molar-refractivity contribution in [3.8, 4) is 0 Å². The average molecular weight is 238 g/mol. The molecule has 6 heteroatoms. The number of aromatic amines is 1. The standard InChI is InChI=1S/C5H5BrClN3O/c1-8-5-9-3(7)2(6)4(11)10-5/h1H3,(H2,8,9,10,11). The monoisotopic (exact) mass is 237 g/mol. The molecule has 0 radical (unpaired) electrons. The van der Waals surface area contributed by atoms with E-state index in [2.05, 4.69) is 31.2 Å². The van der Waals surface area contributed by atoms with E-state index in [9.17, 15) is 4.79 Å². The summed E-state index contributed by atoms with van der Waals surface area (Å²) in [5, 5.41) is 2.81. The van der Waals surface area contributed by atoms with Crippen LogP contribution in [0.15, 0.2) is 9.27 Å². The molecule has 1 rings (SSSR count). The van der Waals surface area contributed by atoms with Crippen molar-refractivity contribution in [1.82, 2.24) is 9.97 Å². The van der Waals surface area contributed by atoms with Crippen LogP contribution in [0, 0.1) is 0 Å². The highest BCUT2D eigenvalue weighted by Gasteiger charge is 2.04. The molecule has 0 saturated heterocycles. The van der Waals surface area contributed by atoms with Gasteiger partial charge in [-0.25, -0.2) is 4.98 Å². The molecule has 0 aliphatic heterocycles. The van der Waals surface area contributed by atoms with Gasteiger partial charge in [0.15, 0.2) is 5.15 Å². The number of halogens is 2. The lowest BCUT2D eigenvalue weighted by Gasteiger charge is -1.98. The maximum atomic E-state index is 11.0. The normalized spacial score (nSPS) is 9.73. The van der Waals surface area contributed by atoms with E-state index in [4.69, 9.17) is 11.6 Å². The van der Waals surface area contributed by atoms with Crippen molar-refractivity contribution in [3.63, 3.8) is 0 Å². The van der Waals surface area contributed by atoms with Gasteiger partial charge in [-0.1, -0.05) is 11.6 Å². The number of anilines is 1. The molecule has 0 aromatic carbocycles. The summed E-state index contributed by atoms with van der Waals surface area (Å²) in [7, 11) is 1.64. The number of nitrogens with one attached hydrogen (secondary N) is 2. The van der Waals surface area contributed by atoms with Crippen LogP contribution >= 0.6 is 27.5 Å². The molecule has 0 aliphatic carbocycles.